The number of hydrazine groups is 1. The van der Waals surface area contributed by atoms with Gasteiger partial charge in [0.15, 0.2) is 11.6 Å². The smallest absolute Gasteiger partial charge is 0.266 e. The van der Waals surface area contributed by atoms with Gasteiger partial charge in [0.1, 0.15) is 5.75 Å². The highest BCUT2D eigenvalue weighted by molar-refractivity contribution is 9.10. The molecule has 2 atom stereocenters. The molecule has 1 amide bonds. The number of hydrogen-bond donors (Lipinski definition) is 4. The third-order valence-electron chi connectivity index (χ3n) is 7.84. The Kier molecular flexibility index (Phi) is 10.6. The van der Waals surface area contributed by atoms with E-state index in [0.717, 1.165) is 34.0 Å². The van der Waals surface area contributed by atoms with E-state index in [4.69, 9.17) is 19.6 Å². The van der Waals surface area contributed by atoms with Gasteiger partial charge >= 0.3 is 0 Å². The Hall–Kier alpha value is -3.50. The van der Waals surface area contributed by atoms with Crippen molar-refractivity contribution in [3.8, 4) is 5.75 Å². The van der Waals surface area contributed by atoms with Crippen LogP contribution in [0.5, 0.6) is 5.75 Å². The summed E-state index contributed by atoms with van der Waals surface area (Å²) in [6, 6.07) is 25.1. The lowest BCUT2D eigenvalue weighted by Crippen LogP contribution is -2.55. The number of carbonyl (C=O) groups is 1. The van der Waals surface area contributed by atoms with Gasteiger partial charge in [-0.05, 0) is 61.6 Å². The van der Waals surface area contributed by atoms with Crippen LogP contribution in [-0.2, 0) is 9.53 Å². The van der Waals surface area contributed by atoms with Crippen molar-refractivity contribution in [1.82, 2.24) is 10.9 Å². The summed E-state index contributed by atoms with van der Waals surface area (Å²) in [5.41, 5.74) is 7.44. The molecule has 0 aromatic heterocycles. The van der Waals surface area contributed by atoms with Gasteiger partial charge in [0.25, 0.3) is 5.91 Å². The molecule has 3 aromatic rings. The number of ether oxygens (including phenoxy) is 2. The number of halogens is 1. The van der Waals surface area contributed by atoms with Crippen molar-refractivity contribution in [2.24, 2.45) is 4.99 Å². The molecule has 0 bridgehead atoms. The maximum Gasteiger partial charge on any atom is 0.266 e. The number of carbonyl (C=O) groups excluding carboxylic acids is 1. The van der Waals surface area contributed by atoms with Crippen LogP contribution in [0.3, 0.4) is 0 Å². The maximum absolute atomic E-state index is 14.3. The van der Waals surface area contributed by atoms with E-state index in [1.54, 1.807) is 0 Å². The molecule has 8 nitrogen and oxygen atoms in total. The highest BCUT2D eigenvalue weighted by Crippen LogP contribution is 2.45. The fraction of sp³-hybridized carbons (Fsp3) is 0.353. The van der Waals surface area contributed by atoms with E-state index in [1.165, 1.54) is 0 Å². The molecular weight excluding hydrogens is 610 g/mol. The summed E-state index contributed by atoms with van der Waals surface area (Å²) in [5.74, 6) is 0.748. The summed E-state index contributed by atoms with van der Waals surface area (Å²) in [4.78, 5) is 19.3. The number of nitrogens with one attached hydrogen (secondary N) is 2. The van der Waals surface area contributed by atoms with Gasteiger partial charge in [-0.2, -0.15) is 0 Å². The van der Waals surface area contributed by atoms with Crippen LogP contribution in [0.15, 0.2) is 94.4 Å². The molecular formula is C34H38BrN3O5. The van der Waals surface area contributed by atoms with Crippen LogP contribution in [-0.4, -0.2) is 52.9 Å². The van der Waals surface area contributed by atoms with Gasteiger partial charge in [0.05, 0.1) is 12.7 Å². The lowest BCUT2D eigenvalue weighted by atomic mass is 9.84. The third kappa shape index (κ3) is 7.72. The second-order valence-corrected chi connectivity index (χ2v) is 11.8. The standard InChI is InChI=1S/C34H38BrN3O5/c35-30-12-5-4-11-29(30)31-34(21-6-10-24-8-2-1-3-9-24,33(41)38-37-26-15-17-27(40)18-16-26)36-32(43-31)25-13-19-28(20-14-25)42-23-7-22-39/h1-6,8-14,19-20,26-27,31,37,39-40H,7,15-18,21-23H2,(H,38,41)/b10-6+/t26?,27?,31-,34-/m0/s1. The molecule has 1 saturated carbocycles. The molecule has 0 unspecified atom stereocenters. The molecule has 0 spiro atoms. The predicted octanol–water partition coefficient (Wildman–Crippen LogP) is 5.50. The summed E-state index contributed by atoms with van der Waals surface area (Å²) in [7, 11) is 0. The lowest BCUT2D eigenvalue weighted by molar-refractivity contribution is -0.130. The van der Waals surface area contributed by atoms with Crippen molar-refractivity contribution in [3.63, 3.8) is 0 Å². The number of amides is 1. The number of aliphatic imine (C=N–C) groups is 1. The molecule has 0 saturated heterocycles. The van der Waals surface area contributed by atoms with Crippen molar-refractivity contribution >= 4 is 33.8 Å². The van der Waals surface area contributed by atoms with E-state index in [-0.39, 0.29) is 31.1 Å². The molecule has 4 N–H and O–H groups in total. The topological polar surface area (TPSA) is 112 Å². The number of rotatable bonds is 12. The van der Waals surface area contributed by atoms with Crippen LogP contribution in [0, 0.1) is 0 Å². The van der Waals surface area contributed by atoms with Crippen LogP contribution < -0.4 is 15.6 Å². The number of aliphatic hydroxyl groups excluding tert-OH is 2. The van der Waals surface area contributed by atoms with Crippen LogP contribution in [0.2, 0.25) is 0 Å². The number of benzene rings is 3. The Morgan fingerprint density at radius 3 is 2.47 bits per heavy atom. The van der Waals surface area contributed by atoms with Crippen LogP contribution >= 0.6 is 15.9 Å². The molecule has 43 heavy (non-hydrogen) atoms. The van der Waals surface area contributed by atoms with E-state index in [1.807, 2.05) is 91.0 Å². The second-order valence-electron chi connectivity index (χ2n) is 10.9. The quantitative estimate of drug-likeness (QED) is 0.153. The highest BCUT2D eigenvalue weighted by atomic mass is 79.9. The summed E-state index contributed by atoms with van der Waals surface area (Å²) >= 11 is 3.68. The Balaban J connectivity index is 1.49. The summed E-state index contributed by atoms with van der Waals surface area (Å²) in [5, 5.41) is 19.0. The maximum atomic E-state index is 14.3. The molecule has 1 fully saturated rings. The normalized spacial score (nSPS) is 23.5. The third-order valence-corrected chi connectivity index (χ3v) is 8.57. The van der Waals surface area contributed by atoms with Crippen LogP contribution in [0.4, 0.5) is 0 Å². The predicted molar refractivity (Wildman–Crippen MR) is 171 cm³/mol. The van der Waals surface area contributed by atoms with Crippen molar-refractivity contribution in [1.29, 1.82) is 0 Å². The largest absolute Gasteiger partial charge is 0.494 e. The van der Waals surface area contributed by atoms with Crippen molar-refractivity contribution in [3.05, 3.63) is 106 Å². The molecule has 0 radical (unpaired) electrons. The zero-order valence-electron chi connectivity index (χ0n) is 24.0. The first-order valence-corrected chi connectivity index (χ1v) is 15.6. The number of aliphatic hydroxyl groups is 2. The Labute approximate surface area is 260 Å². The van der Waals surface area contributed by atoms with Crippen LogP contribution in [0.25, 0.3) is 6.08 Å². The van der Waals surface area contributed by atoms with E-state index < -0.39 is 11.6 Å². The Morgan fingerprint density at radius 1 is 1.02 bits per heavy atom. The van der Waals surface area contributed by atoms with Gasteiger partial charge in [-0.25, -0.2) is 10.4 Å². The zero-order chi connectivity index (χ0) is 30.1. The first kappa shape index (κ1) is 30.9. The molecule has 1 aliphatic heterocycles. The average molecular weight is 649 g/mol. The average Bonchev–Trinajstić information content (AvgIpc) is 3.42. The fourth-order valence-electron chi connectivity index (χ4n) is 5.41. The molecule has 2 aliphatic rings. The van der Waals surface area contributed by atoms with Crippen molar-refractivity contribution < 1.29 is 24.5 Å². The zero-order valence-corrected chi connectivity index (χ0v) is 25.6. The minimum absolute atomic E-state index is 0.0651. The van der Waals surface area contributed by atoms with Gasteiger partial charge in [0, 0.05) is 41.1 Å². The van der Waals surface area contributed by atoms with E-state index in [9.17, 15) is 9.90 Å². The van der Waals surface area contributed by atoms with Gasteiger partial charge in [-0.1, -0.05) is 76.6 Å². The SMILES string of the molecule is O=C(NNC1CCC(O)CC1)[C@@]1(C/C=C/c2ccccc2)N=C(c2ccc(OCCCO)cc2)O[C@H]1c1ccccc1Br. The van der Waals surface area contributed by atoms with E-state index in [0.29, 0.717) is 37.5 Å². The molecule has 9 heteroatoms. The minimum Gasteiger partial charge on any atom is -0.494 e. The molecule has 5 rings (SSSR count). The van der Waals surface area contributed by atoms with Crippen LogP contribution in [0.1, 0.15) is 61.3 Å². The van der Waals surface area contributed by atoms with Crippen molar-refractivity contribution in [2.75, 3.05) is 13.2 Å². The van der Waals surface area contributed by atoms with Gasteiger partial charge in [-0.15, -0.1) is 0 Å². The fourth-order valence-corrected chi connectivity index (χ4v) is 5.91. The number of hydrogen-bond acceptors (Lipinski definition) is 7. The summed E-state index contributed by atoms with van der Waals surface area (Å²) in [6.45, 7) is 0.487. The Bertz CT molecular complexity index is 1410. The lowest BCUT2D eigenvalue weighted by Gasteiger charge is -2.32. The molecule has 226 valence electrons. The number of nitrogens with zero attached hydrogens (tertiary/aromatic N) is 1. The summed E-state index contributed by atoms with van der Waals surface area (Å²) in [6.07, 6.45) is 6.75. The van der Waals surface area contributed by atoms with Gasteiger partial charge < -0.3 is 19.7 Å². The Morgan fingerprint density at radius 2 is 1.74 bits per heavy atom. The van der Waals surface area contributed by atoms with Gasteiger partial charge in [-0.3, -0.25) is 10.2 Å². The molecule has 1 aliphatic carbocycles. The van der Waals surface area contributed by atoms with E-state index in [2.05, 4.69) is 26.8 Å². The molecule has 1 heterocycles. The molecule has 3 aromatic carbocycles. The first-order chi connectivity index (χ1) is 21.0. The van der Waals surface area contributed by atoms with Crippen molar-refractivity contribution in [2.45, 2.75) is 62.3 Å². The van der Waals surface area contributed by atoms with Gasteiger partial charge in [0.2, 0.25) is 5.90 Å². The monoisotopic (exact) mass is 647 g/mol. The minimum atomic E-state index is -1.32. The second kappa shape index (κ2) is 14.8. The van der Waals surface area contributed by atoms with E-state index >= 15 is 0 Å². The highest BCUT2D eigenvalue weighted by Gasteiger charge is 2.53. The first-order valence-electron chi connectivity index (χ1n) is 14.8. The summed E-state index contributed by atoms with van der Waals surface area (Å²) < 4.78 is 13.1.